The van der Waals surface area contributed by atoms with Crippen LogP contribution >= 0.6 is 0 Å². The Hall–Kier alpha value is -0.427. The van der Waals surface area contributed by atoms with E-state index < -0.39 is 0 Å². The van der Waals surface area contributed by atoms with Crippen LogP contribution in [0.1, 0.15) is 17.3 Å². The van der Waals surface area contributed by atoms with Crippen molar-refractivity contribution in [1.82, 2.24) is 0 Å². The van der Waals surface area contributed by atoms with Crippen LogP contribution < -0.4 is 3.27 Å². The third-order valence-electron chi connectivity index (χ3n) is 1.34. The molecule has 0 N–H and O–H groups in total. The molecule has 0 aromatic heterocycles. The van der Waals surface area contributed by atoms with E-state index in [0.29, 0.717) is 12.2 Å². The Balaban J connectivity index is 2.81. The molecule has 0 aliphatic rings. The molecule has 0 heterocycles. The van der Waals surface area contributed by atoms with Crippen LogP contribution in [0, 0.1) is 24.7 Å². The van der Waals surface area contributed by atoms with Crippen LogP contribution in [0.5, 0.6) is 0 Å². The molecule has 0 atom stereocenters. The second-order valence-corrected chi connectivity index (χ2v) is 3.93. The Morgan fingerprint density at radius 3 is 2.92 bits per heavy atom. The van der Waals surface area contributed by atoms with Gasteiger partial charge in [-0.3, -0.25) is 0 Å². The number of esters is 1. The van der Waals surface area contributed by atoms with Crippen molar-refractivity contribution in [3.8, 4) is 0 Å². The summed E-state index contributed by atoms with van der Waals surface area (Å²) >= 11 is 1.55. The first kappa shape index (κ1) is 9.66. The van der Waals surface area contributed by atoms with Crippen LogP contribution in [0.3, 0.4) is 0 Å². The van der Waals surface area contributed by atoms with Gasteiger partial charge in [0.2, 0.25) is 0 Å². The number of ether oxygens (including phenoxy) is 1. The van der Waals surface area contributed by atoms with Crippen LogP contribution in [0.25, 0.3) is 0 Å². The van der Waals surface area contributed by atoms with Crippen LogP contribution in [-0.4, -0.2) is 12.6 Å². The quantitative estimate of drug-likeness (QED) is 0.737. The maximum absolute atomic E-state index is 11.2. The van der Waals surface area contributed by atoms with E-state index in [0.717, 1.165) is 3.27 Å². The molecule has 0 aliphatic carbocycles. The molecule has 3 heteroatoms. The monoisotopic (exact) mass is 360 g/mol. The molecule has 0 unspecified atom stereocenters. The standard InChI is InChI=1S/C9H9AtO2/c1-2-12-9(11)7-4-3-5-8(10)6-7/h3-6H,2H2,1H3/i10+1. The molecule has 1 aromatic carbocycles. The number of hydrogen-bond acceptors (Lipinski definition) is 2. The molecule has 0 bridgehead atoms. The Bertz CT molecular complexity index is 284. The summed E-state index contributed by atoms with van der Waals surface area (Å²) in [4.78, 5) is 11.2. The third-order valence-corrected chi connectivity index (χ3v) is 2.25. The third kappa shape index (κ3) is 2.56. The van der Waals surface area contributed by atoms with Gasteiger partial charge in [-0.2, -0.15) is 0 Å². The van der Waals surface area contributed by atoms with Crippen molar-refractivity contribution in [2.75, 3.05) is 6.61 Å². The summed E-state index contributed by atoms with van der Waals surface area (Å²) in [6.07, 6.45) is 0. The van der Waals surface area contributed by atoms with E-state index in [2.05, 4.69) is 0 Å². The van der Waals surface area contributed by atoms with Gasteiger partial charge in [-0.1, -0.05) is 0 Å². The van der Waals surface area contributed by atoms with Gasteiger partial charge in [0.25, 0.3) is 0 Å². The number of rotatable bonds is 2. The molecule has 0 saturated carbocycles. The van der Waals surface area contributed by atoms with Crippen molar-refractivity contribution in [2.45, 2.75) is 6.92 Å². The molecular weight excluding hydrogens is 351 g/mol. The van der Waals surface area contributed by atoms with Gasteiger partial charge in [-0.15, -0.1) is 0 Å². The maximum atomic E-state index is 11.2. The Labute approximate surface area is 86.8 Å². The number of carbonyl (C=O) groups is 1. The van der Waals surface area contributed by atoms with E-state index in [1.807, 2.05) is 18.2 Å². The van der Waals surface area contributed by atoms with E-state index in [1.54, 1.807) is 37.7 Å². The van der Waals surface area contributed by atoms with Gasteiger partial charge >= 0.3 is 86.9 Å². The number of carbonyl (C=O) groups excluding carboxylic acids is 1. The zero-order chi connectivity index (χ0) is 8.97. The molecule has 1 rings (SSSR count). The molecule has 12 heavy (non-hydrogen) atoms. The van der Waals surface area contributed by atoms with Crippen LogP contribution in [0.4, 0.5) is 0 Å². The van der Waals surface area contributed by atoms with Gasteiger partial charge in [-0.25, -0.2) is 0 Å². The Morgan fingerprint density at radius 2 is 2.33 bits per heavy atom. The van der Waals surface area contributed by atoms with Gasteiger partial charge in [0.1, 0.15) is 0 Å². The van der Waals surface area contributed by atoms with Crippen molar-refractivity contribution >= 4 is 9.24 Å². The van der Waals surface area contributed by atoms with E-state index in [9.17, 15) is 4.79 Å². The summed E-state index contributed by atoms with van der Waals surface area (Å²) in [7, 11) is 0. The van der Waals surface area contributed by atoms with Crippen molar-refractivity contribution in [3.63, 3.8) is 0 Å². The molecule has 0 radical (unpaired) electrons. The molecular formula is C9H9AtO2. The molecule has 0 spiro atoms. The molecule has 0 fully saturated rings. The molecule has 2 nitrogen and oxygen atoms in total. The van der Waals surface area contributed by atoms with E-state index >= 15 is 0 Å². The first-order chi connectivity index (χ1) is 5.74. The van der Waals surface area contributed by atoms with Crippen LogP contribution in [-0.2, 0) is 4.74 Å². The second-order valence-electron chi connectivity index (χ2n) is 2.23. The van der Waals surface area contributed by atoms with Crippen molar-refractivity contribution < 1.29 is 34.3 Å². The first-order valence-corrected chi connectivity index (χ1v) is 5.13. The summed E-state index contributed by atoms with van der Waals surface area (Å²) < 4.78 is 5.98. The first-order valence-electron chi connectivity index (χ1n) is 3.66. The van der Waals surface area contributed by atoms with E-state index in [-0.39, 0.29) is 5.97 Å². The number of benzene rings is 1. The predicted molar refractivity (Wildman–Crippen MR) is 42.0 cm³/mol. The van der Waals surface area contributed by atoms with Gasteiger partial charge in [0, 0.05) is 0 Å². The van der Waals surface area contributed by atoms with E-state index in [4.69, 9.17) is 4.74 Å². The Morgan fingerprint density at radius 1 is 1.58 bits per heavy atom. The van der Waals surface area contributed by atoms with Crippen LogP contribution in [0.2, 0.25) is 0 Å². The van der Waals surface area contributed by atoms with Crippen LogP contribution in [0.15, 0.2) is 24.3 Å². The van der Waals surface area contributed by atoms with Crippen molar-refractivity contribution in [2.24, 2.45) is 0 Å². The predicted octanol–water partition coefficient (Wildman–Crippen LogP) is 1.04. The molecule has 64 valence electrons. The summed E-state index contributed by atoms with van der Waals surface area (Å²) in [6, 6.07) is 7.44. The second kappa shape index (κ2) is 4.56. The van der Waals surface area contributed by atoms with E-state index in [1.165, 1.54) is 0 Å². The normalized spacial score (nSPS) is 9.50. The summed E-state index contributed by atoms with van der Waals surface area (Å²) in [5.41, 5.74) is 0.636. The Kier molecular flexibility index (Phi) is 3.67. The zero-order valence-corrected chi connectivity index (χ0v) is 9.65. The minimum absolute atomic E-state index is 0.240. The molecule has 1 aromatic rings. The van der Waals surface area contributed by atoms with Gasteiger partial charge < -0.3 is 0 Å². The number of hydrogen-bond donors (Lipinski definition) is 0. The van der Waals surface area contributed by atoms with Gasteiger partial charge in [0.15, 0.2) is 0 Å². The summed E-state index contributed by atoms with van der Waals surface area (Å²) in [5, 5.41) is 0. The molecule has 0 aliphatic heterocycles. The van der Waals surface area contributed by atoms with Gasteiger partial charge in [0.05, 0.1) is 0 Å². The topological polar surface area (TPSA) is 26.3 Å². The molecule has 0 amide bonds. The molecule has 0 saturated heterocycles. The van der Waals surface area contributed by atoms with Crippen molar-refractivity contribution in [3.05, 3.63) is 29.8 Å². The zero-order valence-electron chi connectivity index (χ0n) is 6.71. The van der Waals surface area contributed by atoms with Gasteiger partial charge in [-0.05, 0) is 0 Å². The average molecular weight is 360 g/mol. The van der Waals surface area contributed by atoms with Crippen molar-refractivity contribution in [1.29, 1.82) is 0 Å². The fraction of sp³-hybridized carbons (Fsp3) is 0.222. The SMILES string of the molecule is CCOC(=O)c1cccc([211At])c1. The summed E-state index contributed by atoms with van der Waals surface area (Å²) in [6.45, 7) is 2.23. The average Bonchev–Trinajstić information content (AvgIpc) is 2.05. The fourth-order valence-corrected chi connectivity index (χ4v) is 1.57. The summed E-state index contributed by atoms with van der Waals surface area (Å²) in [5.74, 6) is -0.240. The minimum atomic E-state index is -0.240. The fourth-order valence-electron chi connectivity index (χ4n) is 0.830.